The average Bonchev–Trinajstić information content (AvgIpc) is 3.19. The number of aromatic nitrogens is 1. The van der Waals surface area contributed by atoms with Crippen molar-refractivity contribution < 1.29 is 9.13 Å². The number of ether oxygens (including phenoxy) is 1. The standard InChI is InChI=1S/C22H20FIN2O2S/c1-11-8-17(28-3)18(13-4-5-14(16(23)9-13)12(2)10-25-24)19-15-6-7-29-21(15)22(27)26-20(11)19/h4-9,12,25H,10H2,1-3H3,(H,26,27). The molecule has 0 fully saturated rings. The zero-order chi connectivity index (χ0) is 20.7. The van der Waals surface area contributed by atoms with E-state index >= 15 is 4.39 Å². The summed E-state index contributed by atoms with van der Waals surface area (Å²) in [5.41, 5.74) is 3.74. The van der Waals surface area contributed by atoms with Crippen molar-refractivity contribution in [2.45, 2.75) is 19.8 Å². The van der Waals surface area contributed by atoms with Crippen molar-refractivity contribution in [1.29, 1.82) is 0 Å². The number of nitrogens with one attached hydrogen (secondary N) is 2. The van der Waals surface area contributed by atoms with Crippen LogP contribution in [0.4, 0.5) is 4.39 Å². The fourth-order valence-electron chi connectivity index (χ4n) is 3.82. The summed E-state index contributed by atoms with van der Waals surface area (Å²) in [5, 5.41) is 3.64. The Hall–Kier alpha value is -1.97. The Morgan fingerprint density at radius 2 is 2.10 bits per heavy atom. The van der Waals surface area contributed by atoms with Crippen LogP contribution in [-0.2, 0) is 0 Å². The SMILES string of the molecule is COc1cc(C)c2[nH]c(=O)c3sccc3c2c1-c1ccc(C(C)CNI)c(F)c1. The number of hydrogen-bond acceptors (Lipinski definition) is 4. The summed E-state index contributed by atoms with van der Waals surface area (Å²) < 4.78 is 24.4. The Morgan fingerprint density at radius 3 is 2.79 bits per heavy atom. The molecule has 1 unspecified atom stereocenters. The van der Waals surface area contributed by atoms with Crippen LogP contribution >= 0.6 is 34.2 Å². The molecule has 0 saturated carbocycles. The molecule has 0 spiro atoms. The maximum atomic E-state index is 15.0. The highest BCUT2D eigenvalue weighted by molar-refractivity contribution is 14.1. The minimum atomic E-state index is -0.247. The van der Waals surface area contributed by atoms with Gasteiger partial charge >= 0.3 is 0 Å². The van der Waals surface area contributed by atoms with Gasteiger partial charge in [0.15, 0.2) is 0 Å². The molecule has 0 amide bonds. The third-order valence-electron chi connectivity index (χ3n) is 5.29. The van der Waals surface area contributed by atoms with E-state index in [2.05, 4.69) is 31.4 Å². The predicted molar refractivity (Wildman–Crippen MR) is 127 cm³/mol. The lowest BCUT2D eigenvalue weighted by atomic mass is 9.92. The maximum absolute atomic E-state index is 15.0. The lowest BCUT2D eigenvalue weighted by Gasteiger charge is -2.17. The van der Waals surface area contributed by atoms with E-state index in [0.29, 0.717) is 22.6 Å². The van der Waals surface area contributed by atoms with Gasteiger partial charge in [-0.15, -0.1) is 11.3 Å². The minimum absolute atomic E-state index is 0.0533. The largest absolute Gasteiger partial charge is 0.496 e. The maximum Gasteiger partial charge on any atom is 0.266 e. The Bertz CT molecular complexity index is 1280. The Labute approximate surface area is 185 Å². The topological polar surface area (TPSA) is 54.1 Å². The highest BCUT2D eigenvalue weighted by Crippen LogP contribution is 2.42. The molecule has 4 aromatic rings. The van der Waals surface area contributed by atoms with Gasteiger partial charge in [-0.05, 0) is 53.1 Å². The highest BCUT2D eigenvalue weighted by atomic mass is 127. The molecule has 0 bridgehead atoms. The zero-order valence-electron chi connectivity index (χ0n) is 16.2. The van der Waals surface area contributed by atoms with E-state index in [1.165, 1.54) is 11.3 Å². The van der Waals surface area contributed by atoms with Gasteiger partial charge in [-0.25, -0.2) is 4.39 Å². The molecule has 0 aliphatic rings. The van der Waals surface area contributed by atoms with Gasteiger partial charge in [-0.3, -0.25) is 8.32 Å². The first-order valence-electron chi connectivity index (χ1n) is 9.20. The van der Waals surface area contributed by atoms with E-state index in [1.54, 1.807) is 13.2 Å². The number of halogens is 2. The van der Waals surface area contributed by atoms with Gasteiger partial charge in [0.25, 0.3) is 5.56 Å². The lowest BCUT2D eigenvalue weighted by Crippen LogP contribution is -2.11. The first kappa shape index (κ1) is 20.3. The van der Waals surface area contributed by atoms with Crippen molar-refractivity contribution >= 4 is 55.2 Å². The lowest BCUT2D eigenvalue weighted by molar-refractivity contribution is 0.416. The number of thiophene rings is 1. The van der Waals surface area contributed by atoms with Gasteiger partial charge in [-0.2, -0.15) is 0 Å². The molecule has 29 heavy (non-hydrogen) atoms. The summed E-state index contributed by atoms with van der Waals surface area (Å²) in [6.07, 6.45) is 0. The molecule has 0 aliphatic carbocycles. The van der Waals surface area contributed by atoms with Crippen molar-refractivity contribution in [2.75, 3.05) is 13.7 Å². The number of fused-ring (bicyclic) bond motifs is 3. The predicted octanol–water partition coefficient (Wildman–Crippen LogP) is 5.91. The fourth-order valence-corrected chi connectivity index (χ4v) is 5.28. The number of aromatic amines is 1. The molecule has 7 heteroatoms. The van der Waals surface area contributed by atoms with E-state index in [1.807, 2.05) is 43.5 Å². The van der Waals surface area contributed by atoms with Gasteiger partial charge < -0.3 is 9.72 Å². The number of benzene rings is 2. The average molecular weight is 522 g/mol. The Kier molecular flexibility index (Phi) is 5.63. The summed E-state index contributed by atoms with van der Waals surface area (Å²) in [6, 6.07) is 9.16. The van der Waals surface area contributed by atoms with E-state index in [4.69, 9.17) is 4.74 Å². The molecule has 2 heterocycles. The van der Waals surface area contributed by atoms with E-state index in [-0.39, 0.29) is 17.3 Å². The number of H-pyrrole nitrogens is 1. The van der Waals surface area contributed by atoms with Crippen molar-refractivity contribution in [1.82, 2.24) is 8.51 Å². The summed E-state index contributed by atoms with van der Waals surface area (Å²) in [6.45, 7) is 4.61. The number of aryl methyl sites for hydroxylation is 1. The molecule has 0 radical (unpaired) electrons. The molecule has 2 aromatic heterocycles. The van der Waals surface area contributed by atoms with Crippen LogP contribution in [0.5, 0.6) is 5.75 Å². The quantitative estimate of drug-likeness (QED) is 0.253. The summed E-state index contributed by atoms with van der Waals surface area (Å²) in [7, 11) is 1.61. The van der Waals surface area contributed by atoms with Crippen molar-refractivity contribution in [3.8, 4) is 16.9 Å². The van der Waals surface area contributed by atoms with Gasteiger partial charge in [-0.1, -0.05) is 19.1 Å². The van der Waals surface area contributed by atoms with Gasteiger partial charge in [0.2, 0.25) is 0 Å². The third kappa shape index (κ3) is 3.45. The van der Waals surface area contributed by atoms with Crippen LogP contribution < -0.4 is 13.8 Å². The molecule has 2 aromatic carbocycles. The molecular weight excluding hydrogens is 502 g/mol. The van der Waals surface area contributed by atoms with E-state index in [0.717, 1.165) is 33.0 Å². The molecule has 2 N–H and O–H groups in total. The van der Waals surface area contributed by atoms with Crippen molar-refractivity contribution in [3.05, 3.63) is 63.0 Å². The summed E-state index contributed by atoms with van der Waals surface area (Å²) in [4.78, 5) is 15.5. The molecule has 1 atom stereocenters. The highest BCUT2D eigenvalue weighted by Gasteiger charge is 2.20. The smallest absolute Gasteiger partial charge is 0.266 e. The van der Waals surface area contributed by atoms with Crippen LogP contribution in [0.1, 0.15) is 24.0 Å². The van der Waals surface area contributed by atoms with Crippen LogP contribution in [0.2, 0.25) is 0 Å². The molecular formula is C22H20FIN2O2S. The number of methoxy groups -OCH3 is 1. The van der Waals surface area contributed by atoms with Gasteiger partial charge in [0.1, 0.15) is 16.3 Å². The van der Waals surface area contributed by atoms with E-state index < -0.39 is 0 Å². The first-order chi connectivity index (χ1) is 14.0. The fraction of sp³-hybridized carbons (Fsp3) is 0.227. The minimum Gasteiger partial charge on any atom is -0.496 e. The van der Waals surface area contributed by atoms with Gasteiger partial charge in [0, 0.05) is 45.7 Å². The molecule has 4 rings (SSSR count). The first-order valence-corrected chi connectivity index (χ1v) is 11.2. The van der Waals surface area contributed by atoms with Gasteiger partial charge in [0.05, 0.1) is 12.6 Å². The number of rotatable bonds is 5. The second kappa shape index (κ2) is 8.04. The Morgan fingerprint density at radius 1 is 1.31 bits per heavy atom. The monoisotopic (exact) mass is 522 g/mol. The second-order valence-corrected chi connectivity index (χ2v) is 8.79. The number of pyridine rings is 1. The zero-order valence-corrected chi connectivity index (χ0v) is 19.2. The molecule has 0 saturated heterocycles. The van der Waals surface area contributed by atoms with Crippen LogP contribution in [-0.4, -0.2) is 18.6 Å². The summed E-state index contributed by atoms with van der Waals surface area (Å²) >= 11 is 3.47. The van der Waals surface area contributed by atoms with E-state index in [9.17, 15) is 4.79 Å². The Balaban J connectivity index is 2.05. The van der Waals surface area contributed by atoms with Crippen LogP contribution in [0, 0.1) is 12.7 Å². The molecule has 150 valence electrons. The summed E-state index contributed by atoms with van der Waals surface area (Å²) in [5.74, 6) is 0.463. The second-order valence-electron chi connectivity index (χ2n) is 7.11. The third-order valence-corrected chi connectivity index (χ3v) is 6.64. The van der Waals surface area contributed by atoms with Crippen LogP contribution in [0.3, 0.4) is 0 Å². The van der Waals surface area contributed by atoms with Crippen molar-refractivity contribution in [2.24, 2.45) is 0 Å². The molecule has 4 nitrogen and oxygen atoms in total. The van der Waals surface area contributed by atoms with Crippen LogP contribution in [0.15, 0.2) is 40.5 Å². The van der Waals surface area contributed by atoms with Crippen molar-refractivity contribution in [3.63, 3.8) is 0 Å². The normalized spacial score (nSPS) is 12.6. The molecule has 0 aliphatic heterocycles. The number of hydrogen-bond donors (Lipinski definition) is 2. The van der Waals surface area contributed by atoms with Crippen LogP contribution in [0.25, 0.3) is 32.1 Å².